The monoisotopic (exact) mass is 277 g/mol. The summed E-state index contributed by atoms with van der Waals surface area (Å²) < 4.78 is 5.17. The number of benzene rings is 1. The number of methoxy groups -OCH3 is 1. The Hall–Kier alpha value is -2.30. The molecule has 0 atom stereocenters. The molecule has 0 bridgehead atoms. The number of carbonyl (C=O) groups excluding carboxylic acids is 1. The maximum atomic E-state index is 11.6. The number of carboxylic acids is 1. The lowest BCUT2D eigenvalue weighted by Crippen LogP contribution is -2.22. The summed E-state index contributed by atoms with van der Waals surface area (Å²) in [7, 11) is 1.58. The molecule has 0 aliphatic carbocycles. The van der Waals surface area contributed by atoms with Gasteiger partial charge < -0.3 is 15.2 Å². The van der Waals surface area contributed by atoms with Crippen LogP contribution >= 0.6 is 0 Å². The van der Waals surface area contributed by atoms with Crippen LogP contribution in [0.2, 0.25) is 0 Å². The van der Waals surface area contributed by atoms with E-state index in [9.17, 15) is 9.59 Å². The summed E-state index contributed by atoms with van der Waals surface area (Å²) in [6.45, 7) is 0.475. The second-order valence-corrected chi connectivity index (χ2v) is 4.22. The lowest BCUT2D eigenvalue weighted by molar-refractivity contribution is -0.137. The Balaban J connectivity index is 2.34. The Morgan fingerprint density at radius 1 is 1.30 bits per heavy atom. The lowest BCUT2D eigenvalue weighted by atomic mass is 10.2. The Morgan fingerprint density at radius 2 is 2.05 bits per heavy atom. The molecule has 5 heteroatoms. The number of nitrogens with one attached hydrogen (secondary N) is 1. The van der Waals surface area contributed by atoms with Crippen molar-refractivity contribution >= 4 is 18.0 Å². The number of rotatable bonds is 8. The summed E-state index contributed by atoms with van der Waals surface area (Å²) in [6, 6.07) is 7.41. The minimum Gasteiger partial charge on any atom is -0.496 e. The van der Waals surface area contributed by atoms with Gasteiger partial charge in [0, 0.05) is 24.6 Å². The predicted molar refractivity (Wildman–Crippen MR) is 76.5 cm³/mol. The van der Waals surface area contributed by atoms with Gasteiger partial charge in [0.05, 0.1) is 7.11 Å². The first kappa shape index (κ1) is 15.8. The molecule has 1 amide bonds. The van der Waals surface area contributed by atoms with Gasteiger partial charge in [-0.3, -0.25) is 9.59 Å². The molecule has 5 nitrogen and oxygen atoms in total. The van der Waals surface area contributed by atoms with E-state index in [2.05, 4.69) is 5.32 Å². The summed E-state index contributed by atoms with van der Waals surface area (Å²) in [4.78, 5) is 21.9. The van der Waals surface area contributed by atoms with Gasteiger partial charge in [0.25, 0.3) is 0 Å². The van der Waals surface area contributed by atoms with Crippen molar-refractivity contribution in [3.05, 3.63) is 35.9 Å². The first-order chi connectivity index (χ1) is 9.63. The van der Waals surface area contributed by atoms with Crippen LogP contribution in [0, 0.1) is 0 Å². The van der Waals surface area contributed by atoms with Gasteiger partial charge in [-0.2, -0.15) is 0 Å². The minimum absolute atomic E-state index is 0.132. The maximum absolute atomic E-state index is 11.6. The van der Waals surface area contributed by atoms with Crippen LogP contribution in [0.25, 0.3) is 6.08 Å². The van der Waals surface area contributed by atoms with Crippen LogP contribution in [0.3, 0.4) is 0 Å². The highest BCUT2D eigenvalue weighted by atomic mass is 16.5. The number of carboxylic acid groups (broad SMARTS) is 1. The number of carbonyl (C=O) groups is 2. The molecule has 0 fully saturated rings. The molecular weight excluding hydrogens is 258 g/mol. The average Bonchev–Trinajstić information content (AvgIpc) is 2.44. The third-order valence-electron chi connectivity index (χ3n) is 2.67. The van der Waals surface area contributed by atoms with Crippen LogP contribution in [0.5, 0.6) is 5.75 Å². The molecule has 0 saturated carbocycles. The summed E-state index contributed by atoms with van der Waals surface area (Å²) in [5.74, 6) is -0.309. The fourth-order valence-corrected chi connectivity index (χ4v) is 1.64. The van der Waals surface area contributed by atoms with E-state index in [0.29, 0.717) is 25.1 Å². The van der Waals surface area contributed by atoms with Crippen molar-refractivity contribution in [1.29, 1.82) is 0 Å². The molecule has 0 heterocycles. The fraction of sp³-hybridized carbons (Fsp3) is 0.333. The van der Waals surface area contributed by atoms with Crippen LogP contribution in [0.15, 0.2) is 30.3 Å². The molecule has 0 saturated heterocycles. The van der Waals surface area contributed by atoms with Gasteiger partial charge in [-0.1, -0.05) is 18.2 Å². The second kappa shape index (κ2) is 8.74. The van der Waals surface area contributed by atoms with E-state index >= 15 is 0 Å². The number of aliphatic carboxylic acids is 1. The van der Waals surface area contributed by atoms with Crippen molar-refractivity contribution in [2.45, 2.75) is 19.3 Å². The van der Waals surface area contributed by atoms with Crippen molar-refractivity contribution in [1.82, 2.24) is 5.32 Å². The second-order valence-electron chi connectivity index (χ2n) is 4.22. The molecule has 20 heavy (non-hydrogen) atoms. The van der Waals surface area contributed by atoms with E-state index in [0.717, 1.165) is 5.56 Å². The number of hydrogen-bond acceptors (Lipinski definition) is 3. The molecule has 0 aromatic heterocycles. The Labute approximate surface area is 118 Å². The topological polar surface area (TPSA) is 75.6 Å². The third kappa shape index (κ3) is 6.04. The highest BCUT2D eigenvalue weighted by Gasteiger charge is 2.00. The molecule has 0 aliphatic rings. The summed E-state index contributed by atoms with van der Waals surface area (Å²) in [5.41, 5.74) is 0.830. The van der Waals surface area contributed by atoms with Crippen LogP contribution in [-0.2, 0) is 9.59 Å². The maximum Gasteiger partial charge on any atom is 0.303 e. The van der Waals surface area contributed by atoms with E-state index in [1.54, 1.807) is 13.2 Å². The van der Waals surface area contributed by atoms with Gasteiger partial charge in [-0.25, -0.2) is 0 Å². The Kier molecular flexibility index (Phi) is 6.89. The Morgan fingerprint density at radius 3 is 2.75 bits per heavy atom. The van der Waals surface area contributed by atoms with Crippen molar-refractivity contribution in [2.24, 2.45) is 0 Å². The van der Waals surface area contributed by atoms with Crippen LogP contribution in [0.1, 0.15) is 24.8 Å². The molecule has 0 radical (unpaired) electrons. The van der Waals surface area contributed by atoms with Gasteiger partial charge in [0.1, 0.15) is 5.75 Å². The number of amides is 1. The molecule has 1 rings (SSSR count). The Bertz CT molecular complexity index is 483. The standard InChI is InChI=1S/C15H19NO4/c1-20-13-7-3-2-6-12(13)9-10-14(17)16-11-5-4-8-15(18)19/h2-3,6-7,9-10H,4-5,8,11H2,1H3,(H,16,17)(H,18,19). The SMILES string of the molecule is COc1ccccc1C=CC(=O)NCCCCC(=O)O. The predicted octanol–water partition coefficient (Wildman–Crippen LogP) is 2.08. The fourth-order valence-electron chi connectivity index (χ4n) is 1.64. The molecule has 2 N–H and O–H groups in total. The number of ether oxygens (including phenoxy) is 1. The van der Waals surface area contributed by atoms with Gasteiger partial charge >= 0.3 is 5.97 Å². The molecule has 0 aliphatic heterocycles. The van der Waals surface area contributed by atoms with Crippen LogP contribution in [0.4, 0.5) is 0 Å². The molecule has 0 spiro atoms. The zero-order chi connectivity index (χ0) is 14.8. The zero-order valence-electron chi connectivity index (χ0n) is 11.5. The minimum atomic E-state index is -0.813. The normalized spacial score (nSPS) is 10.4. The molecular formula is C15H19NO4. The van der Waals surface area contributed by atoms with E-state index in [1.165, 1.54) is 6.08 Å². The van der Waals surface area contributed by atoms with E-state index in [-0.39, 0.29) is 12.3 Å². The van der Waals surface area contributed by atoms with Crippen molar-refractivity contribution < 1.29 is 19.4 Å². The first-order valence-electron chi connectivity index (χ1n) is 6.44. The van der Waals surface area contributed by atoms with Gasteiger partial charge in [0.15, 0.2) is 0 Å². The lowest BCUT2D eigenvalue weighted by Gasteiger charge is -2.04. The van der Waals surface area contributed by atoms with Gasteiger partial charge in [0.2, 0.25) is 5.91 Å². The molecule has 108 valence electrons. The quantitative estimate of drug-likeness (QED) is 0.563. The highest BCUT2D eigenvalue weighted by molar-refractivity contribution is 5.92. The molecule has 1 aromatic carbocycles. The van der Waals surface area contributed by atoms with Crippen molar-refractivity contribution in [2.75, 3.05) is 13.7 Å². The van der Waals surface area contributed by atoms with Crippen LogP contribution in [-0.4, -0.2) is 30.6 Å². The highest BCUT2D eigenvalue weighted by Crippen LogP contribution is 2.18. The van der Waals surface area contributed by atoms with E-state index < -0.39 is 5.97 Å². The summed E-state index contributed by atoms with van der Waals surface area (Å²) in [5, 5.41) is 11.2. The first-order valence-corrected chi connectivity index (χ1v) is 6.44. The third-order valence-corrected chi connectivity index (χ3v) is 2.67. The van der Waals surface area contributed by atoms with E-state index in [4.69, 9.17) is 9.84 Å². The number of hydrogen-bond donors (Lipinski definition) is 2. The zero-order valence-corrected chi connectivity index (χ0v) is 11.5. The molecule has 1 aromatic rings. The van der Waals surface area contributed by atoms with Gasteiger partial charge in [-0.15, -0.1) is 0 Å². The number of para-hydroxylation sites is 1. The van der Waals surface area contributed by atoms with E-state index in [1.807, 2.05) is 24.3 Å². The smallest absolute Gasteiger partial charge is 0.303 e. The summed E-state index contributed by atoms with van der Waals surface area (Å²) >= 11 is 0. The molecule has 0 unspecified atom stereocenters. The van der Waals surface area contributed by atoms with Crippen molar-refractivity contribution in [3.8, 4) is 5.75 Å². The average molecular weight is 277 g/mol. The summed E-state index contributed by atoms with van der Waals surface area (Å²) in [6.07, 6.45) is 4.47. The number of unbranched alkanes of at least 4 members (excludes halogenated alkanes) is 1. The largest absolute Gasteiger partial charge is 0.496 e. The van der Waals surface area contributed by atoms with Crippen molar-refractivity contribution in [3.63, 3.8) is 0 Å². The van der Waals surface area contributed by atoms with Crippen LogP contribution < -0.4 is 10.1 Å². The van der Waals surface area contributed by atoms with Gasteiger partial charge in [-0.05, 0) is 25.0 Å².